The quantitative estimate of drug-likeness (QED) is 0.618. The zero-order chi connectivity index (χ0) is 19.6. The maximum absolute atomic E-state index is 12.2. The van der Waals surface area contributed by atoms with E-state index in [1.807, 2.05) is 30.3 Å². The van der Waals surface area contributed by atoms with E-state index in [4.69, 9.17) is 14.3 Å². The average Bonchev–Trinajstić information content (AvgIpc) is 2.82. The Labute approximate surface area is 157 Å². The van der Waals surface area contributed by atoms with Crippen molar-refractivity contribution in [2.75, 3.05) is 6.54 Å². The molecule has 1 N–H and O–H groups in total. The topological polar surface area (TPSA) is 94.2 Å². The normalized spacial score (nSPS) is 24.4. The number of hydroxylamine groups is 2. The van der Waals surface area contributed by atoms with Crippen molar-refractivity contribution in [1.82, 2.24) is 10.4 Å². The second-order valence-electron chi connectivity index (χ2n) is 7.75. The maximum Gasteiger partial charge on any atom is 0.528 e. The van der Waals surface area contributed by atoms with Crippen LogP contribution in [0.4, 0.5) is 4.79 Å². The fourth-order valence-electron chi connectivity index (χ4n) is 3.20. The smallest absolute Gasteiger partial charge is 0.461 e. The minimum atomic E-state index is -0.867. The molecule has 2 fully saturated rings. The number of β-lactam (4-membered cyclic amide) rings is 1. The van der Waals surface area contributed by atoms with Gasteiger partial charge in [0.2, 0.25) is 5.91 Å². The van der Waals surface area contributed by atoms with Crippen LogP contribution in [0.25, 0.3) is 0 Å². The van der Waals surface area contributed by atoms with Crippen molar-refractivity contribution in [2.45, 2.75) is 51.5 Å². The van der Waals surface area contributed by atoms with Crippen molar-refractivity contribution in [1.29, 1.82) is 0 Å². The lowest BCUT2D eigenvalue weighted by Crippen LogP contribution is -2.65. The number of hydrogen-bond acceptors (Lipinski definition) is 7. The number of esters is 1. The molecule has 2 aliphatic rings. The van der Waals surface area contributed by atoms with Gasteiger partial charge in [0.1, 0.15) is 18.2 Å². The fourth-order valence-corrected chi connectivity index (χ4v) is 3.20. The van der Waals surface area contributed by atoms with Gasteiger partial charge in [0.15, 0.2) is 0 Å². The Bertz CT molecular complexity index is 715. The Kier molecular flexibility index (Phi) is 5.36. The van der Waals surface area contributed by atoms with E-state index in [1.165, 1.54) is 5.06 Å². The van der Waals surface area contributed by atoms with Crippen molar-refractivity contribution in [3.63, 3.8) is 0 Å². The number of rotatable bonds is 5. The van der Waals surface area contributed by atoms with Gasteiger partial charge >= 0.3 is 12.1 Å². The van der Waals surface area contributed by atoms with Gasteiger partial charge in [-0.05, 0) is 26.3 Å². The molecule has 3 atom stereocenters. The minimum Gasteiger partial charge on any atom is -0.461 e. The first-order valence-corrected chi connectivity index (χ1v) is 8.90. The molecule has 1 aromatic carbocycles. The maximum atomic E-state index is 12.2. The van der Waals surface area contributed by atoms with Crippen LogP contribution in [-0.4, -0.2) is 47.3 Å². The highest BCUT2D eigenvalue weighted by atomic mass is 16.8. The summed E-state index contributed by atoms with van der Waals surface area (Å²) in [5, 5.41) is 4.06. The van der Waals surface area contributed by atoms with Crippen LogP contribution >= 0.6 is 0 Å². The van der Waals surface area contributed by atoms with E-state index in [9.17, 15) is 14.4 Å². The lowest BCUT2D eigenvalue weighted by atomic mass is 9.89. The molecular weight excluding hydrogens is 352 g/mol. The van der Waals surface area contributed by atoms with Crippen LogP contribution in [0.1, 0.15) is 32.8 Å². The van der Waals surface area contributed by atoms with E-state index in [1.54, 1.807) is 20.8 Å². The van der Waals surface area contributed by atoms with Gasteiger partial charge in [0.05, 0.1) is 12.5 Å². The van der Waals surface area contributed by atoms with Gasteiger partial charge in [0, 0.05) is 12.5 Å². The average molecular weight is 376 g/mol. The first-order chi connectivity index (χ1) is 12.7. The monoisotopic (exact) mass is 376 g/mol. The molecule has 2 saturated heterocycles. The highest BCUT2D eigenvalue weighted by Crippen LogP contribution is 2.33. The number of ether oxygens (including phenoxy) is 2. The van der Waals surface area contributed by atoms with Crippen molar-refractivity contribution in [2.24, 2.45) is 5.92 Å². The van der Waals surface area contributed by atoms with Crippen LogP contribution in [-0.2, 0) is 30.5 Å². The predicted molar refractivity (Wildman–Crippen MR) is 94.1 cm³/mol. The van der Waals surface area contributed by atoms with Gasteiger partial charge < -0.3 is 19.6 Å². The van der Waals surface area contributed by atoms with Crippen LogP contribution in [0.3, 0.4) is 0 Å². The molecule has 0 aliphatic carbocycles. The molecular formula is C19H24N2O6. The van der Waals surface area contributed by atoms with Crippen molar-refractivity contribution >= 4 is 18.0 Å². The Morgan fingerprint density at radius 2 is 1.93 bits per heavy atom. The van der Waals surface area contributed by atoms with E-state index in [2.05, 4.69) is 5.32 Å². The molecule has 0 spiro atoms. The van der Waals surface area contributed by atoms with Crippen molar-refractivity contribution in [3.05, 3.63) is 35.9 Å². The van der Waals surface area contributed by atoms with E-state index < -0.39 is 17.8 Å². The van der Waals surface area contributed by atoms with Gasteiger partial charge in [-0.15, -0.1) is 5.06 Å². The summed E-state index contributed by atoms with van der Waals surface area (Å²) in [5.41, 5.74) is 0.209. The van der Waals surface area contributed by atoms with Gasteiger partial charge in [-0.2, -0.15) is 0 Å². The number of carbonyl (C=O) groups is 3. The van der Waals surface area contributed by atoms with Crippen molar-refractivity contribution in [3.8, 4) is 0 Å². The summed E-state index contributed by atoms with van der Waals surface area (Å²) in [4.78, 5) is 41.1. The standard InChI is InChI=1S/C19H24N2O6/c1-19(2,3)26-18(24)27-21-10-13(15-16(21)17(23)20-15)9-14(22)25-11-12-7-5-4-6-8-12/h4-8,13,15-16H,9-11H2,1-3H3,(H,20,23)/t13-,15-,16+/m1/s1. The van der Waals surface area contributed by atoms with E-state index in [-0.39, 0.29) is 43.4 Å². The Balaban J connectivity index is 1.52. The van der Waals surface area contributed by atoms with E-state index >= 15 is 0 Å². The third-order valence-corrected chi connectivity index (χ3v) is 4.40. The molecule has 2 aliphatic heterocycles. The molecule has 0 aromatic heterocycles. The number of nitrogens with one attached hydrogen (secondary N) is 1. The lowest BCUT2D eigenvalue weighted by molar-refractivity contribution is -0.173. The first kappa shape index (κ1) is 19.2. The summed E-state index contributed by atoms with van der Waals surface area (Å²) in [6.45, 7) is 5.63. The number of benzene rings is 1. The molecule has 3 rings (SSSR count). The molecule has 0 bridgehead atoms. The molecule has 8 nitrogen and oxygen atoms in total. The highest BCUT2D eigenvalue weighted by molar-refractivity contribution is 5.90. The molecule has 0 radical (unpaired) electrons. The number of amides is 1. The summed E-state index contributed by atoms with van der Waals surface area (Å²) >= 11 is 0. The van der Waals surface area contributed by atoms with Gasteiger partial charge in [0.25, 0.3) is 0 Å². The van der Waals surface area contributed by atoms with Crippen LogP contribution in [0, 0.1) is 5.92 Å². The summed E-state index contributed by atoms with van der Waals surface area (Å²) < 4.78 is 10.4. The molecule has 0 saturated carbocycles. The Hall–Kier alpha value is -2.61. The van der Waals surface area contributed by atoms with E-state index in [0.717, 1.165) is 5.56 Å². The summed E-state index contributed by atoms with van der Waals surface area (Å²) in [6.07, 6.45) is -0.740. The molecule has 8 heteroatoms. The predicted octanol–water partition coefficient (Wildman–Crippen LogP) is 1.79. The zero-order valence-electron chi connectivity index (χ0n) is 15.6. The largest absolute Gasteiger partial charge is 0.528 e. The molecule has 27 heavy (non-hydrogen) atoms. The second-order valence-corrected chi connectivity index (χ2v) is 7.75. The molecule has 0 unspecified atom stereocenters. The number of carbonyl (C=O) groups excluding carboxylic acids is 3. The van der Waals surface area contributed by atoms with Gasteiger partial charge in [-0.1, -0.05) is 30.3 Å². The fraction of sp³-hybridized carbons (Fsp3) is 0.526. The Morgan fingerprint density at radius 1 is 1.22 bits per heavy atom. The number of hydrogen-bond donors (Lipinski definition) is 1. The third-order valence-electron chi connectivity index (χ3n) is 4.40. The van der Waals surface area contributed by atoms with Crippen LogP contribution in [0.2, 0.25) is 0 Å². The van der Waals surface area contributed by atoms with Crippen molar-refractivity contribution < 1.29 is 28.7 Å². The SMILES string of the molecule is CC(C)(C)OC(=O)ON1C[C@@H](CC(=O)OCc2ccccc2)[C@H]2NC(=O)[C@H]21. The molecule has 1 aromatic rings. The lowest BCUT2D eigenvalue weighted by Gasteiger charge is -2.35. The van der Waals surface area contributed by atoms with Crippen LogP contribution in [0.15, 0.2) is 30.3 Å². The molecule has 1 amide bonds. The summed E-state index contributed by atoms with van der Waals surface area (Å²) in [7, 11) is 0. The van der Waals surface area contributed by atoms with E-state index in [0.29, 0.717) is 0 Å². The third kappa shape index (κ3) is 4.77. The first-order valence-electron chi connectivity index (χ1n) is 8.90. The van der Waals surface area contributed by atoms with Gasteiger partial charge in [-0.3, -0.25) is 9.59 Å². The molecule has 2 heterocycles. The van der Waals surface area contributed by atoms with Gasteiger partial charge in [-0.25, -0.2) is 4.79 Å². The highest BCUT2D eigenvalue weighted by Gasteiger charge is 2.56. The second kappa shape index (κ2) is 7.56. The summed E-state index contributed by atoms with van der Waals surface area (Å²) in [6, 6.07) is 8.56. The summed E-state index contributed by atoms with van der Waals surface area (Å²) in [5.74, 6) is -0.787. The van der Waals surface area contributed by atoms with Crippen LogP contribution in [0.5, 0.6) is 0 Å². The van der Waals surface area contributed by atoms with Crippen LogP contribution < -0.4 is 5.32 Å². The Morgan fingerprint density at radius 3 is 2.56 bits per heavy atom. The zero-order valence-corrected chi connectivity index (χ0v) is 15.6. The number of nitrogens with zero attached hydrogens (tertiary/aromatic N) is 1. The molecule has 146 valence electrons. The minimum absolute atomic E-state index is 0.127. The number of fused-ring (bicyclic) bond motifs is 1.